The van der Waals surface area contributed by atoms with Crippen molar-refractivity contribution in [3.05, 3.63) is 58.6 Å². The summed E-state index contributed by atoms with van der Waals surface area (Å²) in [5.41, 5.74) is 2.55. The highest BCUT2D eigenvalue weighted by Crippen LogP contribution is 2.39. The molecule has 1 aliphatic heterocycles. The van der Waals surface area contributed by atoms with Gasteiger partial charge in [0.05, 0.1) is 24.6 Å². The number of nitrogens with zero attached hydrogens (tertiary/aromatic N) is 3. The molecule has 36 heavy (non-hydrogen) atoms. The minimum atomic E-state index is -0.543. The third-order valence-corrected chi connectivity index (χ3v) is 6.68. The van der Waals surface area contributed by atoms with Crippen LogP contribution in [0.5, 0.6) is 5.75 Å². The van der Waals surface area contributed by atoms with Crippen molar-refractivity contribution >= 4 is 28.6 Å². The summed E-state index contributed by atoms with van der Waals surface area (Å²) >= 11 is 0. The van der Waals surface area contributed by atoms with Crippen molar-refractivity contribution < 1.29 is 18.7 Å². The van der Waals surface area contributed by atoms with E-state index in [1.165, 1.54) is 0 Å². The number of hydrogen-bond donors (Lipinski definition) is 1. The third kappa shape index (κ3) is 5.31. The lowest BCUT2D eigenvalue weighted by Crippen LogP contribution is -2.33. The molecule has 192 valence electrons. The van der Waals surface area contributed by atoms with E-state index in [0.717, 1.165) is 24.2 Å². The molecule has 1 saturated heterocycles. The van der Waals surface area contributed by atoms with Gasteiger partial charge in [0.25, 0.3) is 0 Å². The summed E-state index contributed by atoms with van der Waals surface area (Å²) in [6.07, 6.45) is 1.97. The number of likely N-dealkylation sites (N-methyl/N-ethyl adjacent to an activating group) is 1. The number of benzene rings is 2. The molecule has 1 fully saturated rings. The number of aromatic nitrogens is 1. The normalized spacial score (nSPS) is 17.8. The van der Waals surface area contributed by atoms with Crippen molar-refractivity contribution in [3.8, 4) is 5.75 Å². The van der Waals surface area contributed by atoms with Gasteiger partial charge in [0.15, 0.2) is 5.58 Å². The van der Waals surface area contributed by atoms with Gasteiger partial charge in [-0.05, 0) is 56.4 Å². The lowest BCUT2D eigenvalue weighted by Gasteiger charge is -2.28. The zero-order valence-corrected chi connectivity index (χ0v) is 21.3. The van der Waals surface area contributed by atoms with Gasteiger partial charge in [0.2, 0.25) is 11.8 Å². The number of hydrogen-bond acceptors (Lipinski definition) is 6. The molecule has 0 spiro atoms. The molecule has 4 rings (SSSR count). The van der Waals surface area contributed by atoms with Gasteiger partial charge in [0, 0.05) is 31.7 Å². The molecule has 0 aliphatic carbocycles. The molecule has 2 unspecified atom stereocenters. The van der Waals surface area contributed by atoms with Crippen LogP contribution < -0.4 is 15.8 Å². The van der Waals surface area contributed by atoms with E-state index in [1.807, 2.05) is 48.2 Å². The van der Waals surface area contributed by atoms with Crippen LogP contribution in [0.2, 0.25) is 0 Å². The minimum absolute atomic E-state index is 0.0211. The second-order valence-electron chi connectivity index (χ2n) is 9.46. The summed E-state index contributed by atoms with van der Waals surface area (Å²) in [6, 6.07) is 12.3. The predicted molar refractivity (Wildman–Crippen MR) is 138 cm³/mol. The van der Waals surface area contributed by atoms with Crippen molar-refractivity contribution in [2.24, 2.45) is 5.92 Å². The minimum Gasteiger partial charge on any atom is -0.497 e. The Hall–Kier alpha value is -3.59. The van der Waals surface area contributed by atoms with Crippen LogP contribution in [-0.2, 0) is 16.1 Å². The number of fused-ring (bicyclic) bond motifs is 1. The Kier molecular flexibility index (Phi) is 7.79. The number of rotatable bonds is 10. The molecule has 2 aromatic carbocycles. The molecule has 2 amide bonds. The number of likely N-dealkylation sites (tertiary alicyclic amines) is 1. The standard InChI is InChI=1S/C27H34N4O5/c1-5-6-13-31-24(32)17-21(25(31)18-7-10-20(35-4)11-8-18)26(33)28-19-9-12-23-22(16-19)30(27(34)36-23)15-14-29(2)3/h7-12,16,21,25H,5-6,13-15,17H2,1-4H3,(H,28,33). The quantitative estimate of drug-likeness (QED) is 0.463. The summed E-state index contributed by atoms with van der Waals surface area (Å²) in [7, 11) is 5.48. The van der Waals surface area contributed by atoms with Gasteiger partial charge in [-0.1, -0.05) is 25.5 Å². The number of anilines is 1. The monoisotopic (exact) mass is 494 g/mol. The van der Waals surface area contributed by atoms with Crippen molar-refractivity contribution in [2.75, 3.05) is 39.6 Å². The van der Waals surface area contributed by atoms with E-state index in [1.54, 1.807) is 29.9 Å². The van der Waals surface area contributed by atoms with Gasteiger partial charge in [-0.15, -0.1) is 0 Å². The maximum absolute atomic E-state index is 13.5. The Morgan fingerprint density at radius 1 is 1.14 bits per heavy atom. The van der Waals surface area contributed by atoms with Crippen LogP contribution in [0.15, 0.2) is 51.7 Å². The van der Waals surface area contributed by atoms with Crippen molar-refractivity contribution in [3.63, 3.8) is 0 Å². The Labute approximate surface area is 210 Å². The molecule has 0 bridgehead atoms. The molecule has 0 radical (unpaired) electrons. The second kappa shape index (κ2) is 11.0. The van der Waals surface area contributed by atoms with Crippen LogP contribution in [-0.4, -0.2) is 60.5 Å². The van der Waals surface area contributed by atoms with E-state index >= 15 is 0 Å². The van der Waals surface area contributed by atoms with Gasteiger partial charge in [-0.2, -0.15) is 0 Å². The number of nitrogens with one attached hydrogen (secondary N) is 1. The largest absolute Gasteiger partial charge is 0.497 e. The van der Waals surface area contributed by atoms with E-state index in [9.17, 15) is 14.4 Å². The van der Waals surface area contributed by atoms with Crippen molar-refractivity contribution in [2.45, 2.75) is 38.8 Å². The molecule has 2 atom stereocenters. The number of oxazole rings is 1. The molecule has 9 nitrogen and oxygen atoms in total. The fraction of sp³-hybridized carbons (Fsp3) is 0.444. The van der Waals surface area contributed by atoms with E-state index in [4.69, 9.17) is 9.15 Å². The van der Waals surface area contributed by atoms with Crippen molar-refractivity contribution in [1.29, 1.82) is 0 Å². The Bertz CT molecular complexity index is 1280. The zero-order chi connectivity index (χ0) is 25.8. The summed E-state index contributed by atoms with van der Waals surface area (Å²) < 4.78 is 12.2. The summed E-state index contributed by atoms with van der Waals surface area (Å²) in [5.74, 6) is -0.500. The van der Waals surface area contributed by atoms with E-state index < -0.39 is 11.7 Å². The van der Waals surface area contributed by atoms with E-state index in [2.05, 4.69) is 12.2 Å². The SMILES string of the molecule is CCCCN1C(=O)CC(C(=O)Nc2ccc3oc(=O)n(CCN(C)C)c3c2)C1c1ccc(OC)cc1. The lowest BCUT2D eigenvalue weighted by molar-refractivity contribution is -0.129. The average molecular weight is 495 g/mol. The highest BCUT2D eigenvalue weighted by atomic mass is 16.5. The Morgan fingerprint density at radius 2 is 1.89 bits per heavy atom. The molecule has 1 aliphatic rings. The highest BCUT2D eigenvalue weighted by molar-refractivity contribution is 5.99. The molecule has 2 heterocycles. The molecular weight excluding hydrogens is 460 g/mol. The number of unbranched alkanes of at least 4 members (excludes halogenated alkanes) is 1. The molecule has 9 heteroatoms. The van der Waals surface area contributed by atoms with Crippen molar-refractivity contribution in [1.82, 2.24) is 14.4 Å². The number of carbonyl (C=O) groups excluding carboxylic acids is 2. The maximum Gasteiger partial charge on any atom is 0.419 e. The lowest BCUT2D eigenvalue weighted by atomic mass is 9.92. The first-order valence-corrected chi connectivity index (χ1v) is 12.3. The second-order valence-corrected chi connectivity index (χ2v) is 9.46. The van der Waals surface area contributed by atoms with Crippen LogP contribution in [0, 0.1) is 5.92 Å². The number of amides is 2. The van der Waals surface area contributed by atoms with Crippen LogP contribution in [0.4, 0.5) is 5.69 Å². The van der Waals surface area contributed by atoms with Crippen LogP contribution >= 0.6 is 0 Å². The zero-order valence-electron chi connectivity index (χ0n) is 21.3. The number of methoxy groups -OCH3 is 1. The molecule has 3 aromatic rings. The van der Waals surface area contributed by atoms with Gasteiger partial charge >= 0.3 is 5.76 Å². The van der Waals surface area contributed by atoms with Crippen LogP contribution in [0.25, 0.3) is 11.1 Å². The molecular formula is C27H34N4O5. The Balaban J connectivity index is 1.61. The van der Waals surface area contributed by atoms with Gasteiger partial charge in [0.1, 0.15) is 5.75 Å². The summed E-state index contributed by atoms with van der Waals surface area (Å²) in [5, 5.41) is 2.99. The van der Waals surface area contributed by atoms with Crippen LogP contribution in [0.1, 0.15) is 37.8 Å². The molecule has 1 aromatic heterocycles. The average Bonchev–Trinajstić information content (AvgIpc) is 3.36. The topological polar surface area (TPSA) is 97.0 Å². The number of carbonyl (C=O) groups is 2. The Morgan fingerprint density at radius 3 is 2.56 bits per heavy atom. The van der Waals surface area contributed by atoms with E-state index in [0.29, 0.717) is 36.4 Å². The van der Waals surface area contributed by atoms with Gasteiger partial charge in [-0.3, -0.25) is 14.2 Å². The van der Waals surface area contributed by atoms with Gasteiger partial charge < -0.3 is 24.3 Å². The third-order valence-electron chi connectivity index (χ3n) is 6.68. The van der Waals surface area contributed by atoms with Gasteiger partial charge in [-0.25, -0.2) is 4.79 Å². The van der Waals surface area contributed by atoms with E-state index in [-0.39, 0.29) is 24.3 Å². The van der Waals surface area contributed by atoms with Crippen LogP contribution in [0.3, 0.4) is 0 Å². The molecule has 0 saturated carbocycles. The first-order chi connectivity index (χ1) is 17.3. The first kappa shape index (κ1) is 25.5. The summed E-state index contributed by atoms with van der Waals surface area (Å²) in [4.78, 5) is 42.6. The molecule has 1 N–H and O–H groups in total. The first-order valence-electron chi connectivity index (χ1n) is 12.3. The maximum atomic E-state index is 13.5. The number of ether oxygens (including phenoxy) is 1. The fourth-order valence-corrected chi connectivity index (χ4v) is 4.72. The highest BCUT2D eigenvalue weighted by Gasteiger charge is 2.44. The smallest absolute Gasteiger partial charge is 0.419 e. The summed E-state index contributed by atoms with van der Waals surface area (Å²) in [6.45, 7) is 3.83. The fourth-order valence-electron chi connectivity index (χ4n) is 4.72. The predicted octanol–water partition coefficient (Wildman–Crippen LogP) is 3.49.